The van der Waals surface area contributed by atoms with Crippen LogP contribution in [0.5, 0.6) is 0 Å². The molecule has 0 aromatic carbocycles. The van der Waals surface area contributed by atoms with Crippen LogP contribution in [-0.4, -0.2) is 48.9 Å². The molecule has 2 rings (SSSR count). The van der Waals surface area contributed by atoms with Crippen molar-refractivity contribution < 1.29 is 8.42 Å². The van der Waals surface area contributed by atoms with Crippen molar-refractivity contribution in [2.75, 3.05) is 20.1 Å². The number of nitrogens with one attached hydrogen (secondary N) is 3. The van der Waals surface area contributed by atoms with E-state index in [-0.39, 0.29) is 6.04 Å². The number of nitrogens with zero attached hydrogens (tertiary/aromatic N) is 1. The van der Waals surface area contributed by atoms with E-state index in [0.717, 1.165) is 36.3 Å². The first-order valence-corrected chi connectivity index (χ1v) is 7.87. The summed E-state index contributed by atoms with van der Waals surface area (Å²) < 4.78 is 25.7. The summed E-state index contributed by atoms with van der Waals surface area (Å²) in [5.41, 5.74) is -1.64. The highest BCUT2D eigenvalue weighted by atomic mass is 32.2. The van der Waals surface area contributed by atoms with E-state index < -0.39 is 26.2 Å². The molecule has 3 N–H and O–H groups in total. The van der Waals surface area contributed by atoms with E-state index in [1.54, 1.807) is 0 Å². The second kappa shape index (κ2) is 5.90. The van der Waals surface area contributed by atoms with E-state index in [2.05, 4.69) is 10.3 Å². The first kappa shape index (κ1) is 14.9. The molecule has 0 bridgehead atoms. The Kier molecular flexibility index (Phi) is 4.41. The van der Waals surface area contributed by atoms with Crippen LogP contribution < -0.4 is 16.6 Å². The summed E-state index contributed by atoms with van der Waals surface area (Å²) in [6.07, 6.45) is 3.99. The molecular formula is C11H18N4O4S. The summed E-state index contributed by atoms with van der Waals surface area (Å²) in [7, 11) is -2.48. The van der Waals surface area contributed by atoms with E-state index >= 15 is 0 Å². The van der Waals surface area contributed by atoms with Crippen molar-refractivity contribution in [2.45, 2.75) is 30.2 Å². The van der Waals surface area contributed by atoms with E-state index in [4.69, 9.17) is 0 Å². The molecule has 0 amide bonds. The molecule has 0 spiro atoms. The highest BCUT2D eigenvalue weighted by molar-refractivity contribution is 7.89. The Balaban J connectivity index is 2.20. The van der Waals surface area contributed by atoms with Crippen molar-refractivity contribution in [3.05, 3.63) is 27.0 Å². The van der Waals surface area contributed by atoms with Crippen LogP contribution in [0.15, 0.2) is 20.7 Å². The van der Waals surface area contributed by atoms with Crippen molar-refractivity contribution in [3.63, 3.8) is 0 Å². The highest BCUT2D eigenvalue weighted by Crippen LogP contribution is 2.12. The topological polar surface area (TPSA) is 115 Å². The first-order valence-electron chi connectivity index (χ1n) is 6.43. The summed E-state index contributed by atoms with van der Waals surface area (Å²) >= 11 is 0. The molecule has 1 atom stereocenters. The molecule has 1 saturated heterocycles. The molecule has 1 aliphatic heterocycles. The fourth-order valence-corrected chi connectivity index (χ4v) is 3.45. The summed E-state index contributed by atoms with van der Waals surface area (Å²) in [5.74, 6) is 0. The van der Waals surface area contributed by atoms with Gasteiger partial charge < -0.3 is 10.3 Å². The predicted octanol–water partition coefficient (Wildman–Crippen LogP) is -1.17. The third-order valence-electron chi connectivity index (χ3n) is 3.36. The zero-order valence-corrected chi connectivity index (χ0v) is 12.0. The number of H-pyrrole nitrogens is 2. The predicted molar refractivity (Wildman–Crippen MR) is 73.1 cm³/mol. The Labute approximate surface area is 116 Å². The lowest BCUT2D eigenvalue weighted by Gasteiger charge is -2.27. The van der Waals surface area contributed by atoms with Gasteiger partial charge in [-0.3, -0.25) is 9.78 Å². The number of hydrogen-bond acceptors (Lipinski definition) is 5. The molecule has 0 saturated carbocycles. The lowest BCUT2D eigenvalue weighted by Crippen LogP contribution is -2.45. The minimum Gasteiger partial charge on any atom is -0.313 e. The Morgan fingerprint density at radius 1 is 1.35 bits per heavy atom. The maximum atomic E-state index is 12.3. The monoisotopic (exact) mass is 302 g/mol. The van der Waals surface area contributed by atoms with Crippen LogP contribution in [0.3, 0.4) is 0 Å². The normalized spacial score (nSPS) is 20.2. The van der Waals surface area contributed by atoms with Crippen LogP contribution in [0.1, 0.15) is 19.3 Å². The van der Waals surface area contributed by atoms with Gasteiger partial charge in [0.15, 0.2) is 4.90 Å². The molecule has 112 valence electrons. The molecule has 0 aliphatic carbocycles. The van der Waals surface area contributed by atoms with Crippen LogP contribution in [0.25, 0.3) is 0 Å². The molecule has 1 unspecified atom stereocenters. The van der Waals surface area contributed by atoms with Gasteiger partial charge in [0.25, 0.3) is 5.56 Å². The fraction of sp³-hybridized carbons (Fsp3) is 0.636. The molecule has 0 radical (unpaired) electrons. The van der Waals surface area contributed by atoms with Gasteiger partial charge >= 0.3 is 5.69 Å². The van der Waals surface area contributed by atoms with Crippen LogP contribution in [0.4, 0.5) is 0 Å². The molecular weight excluding hydrogens is 284 g/mol. The molecule has 8 nitrogen and oxygen atoms in total. The Hall–Kier alpha value is -1.45. The SMILES string of the molecule is CN(CC1CCCCN1)S(=O)(=O)c1c[nH]c(=O)[nH]c1=O. The van der Waals surface area contributed by atoms with Gasteiger partial charge in [-0.05, 0) is 19.4 Å². The van der Waals surface area contributed by atoms with Gasteiger partial charge in [0.1, 0.15) is 0 Å². The maximum absolute atomic E-state index is 12.3. The van der Waals surface area contributed by atoms with Crippen molar-refractivity contribution in [1.82, 2.24) is 19.6 Å². The third-order valence-corrected chi connectivity index (χ3v) is 5.19. The van der Waals surface area contributed by atoms with E-state index in [0.29, 0.717) is 6.54 Å². The summed E-state index contributed by atoms with van der Waals surface area (Å²) in [6.45, 7) is 1.17. The zero-order valence-electron chi connectivity index (χ0n) is 11.2. The van der Waals surface area contributed by atoms with Crippen LogP contribution in [-0.2, 0) is 10.0 Å². The molecule has 2 heterocycles. The standard InChI is InChI=1S/C11H18N4O4S/c1-15(7-8-4-2-3-5-12-8)20(18,19)9-6-13-11(17)14-10(9)16/h6,8,12H,2-5,7H2,1H3,(H2,13,14,16,17). The number of hydrogen-bond donors (Lipinski definition) is 3. The molecule has 20 heavy (non-hydrogen) atoms. The third kappa shape index (κ3) is 3.17. The number of piperidine rings is 1. The molecule has 1 aromatic heterocycles. The lowest BCUT2D eigenvalue weighted by atomic mass is 10.1. The van der Waals surface area contributed by atoms with Crippen molar-refractivity contribution in [1.29, 1.82) is 0 Å². The minimum atomic E-state index is -3.91. The second-order valence-electron chi connectivity index (χ2n) is 4.87. The van der Waals surface area contributed by atoms with Gasteiger partial charge in [0, 0.05) is 25.8 Å². The van der Waals surface area contributed by atoms with Gasteiger partial charge in [-0.1, -0.05) is 6.42 Å². The van der Waals surface area contributed by atoms with Gasteiger partial charge in [0.05, 0.1) is 0 Å². The average Bonchev–Trinajstić information content (AvgIpc) is 2.39. The highest BCUT2D eigenvalue weighted by Gasteiger charge is 2.27. The smallest absolute Gasteiger partial charge is 0.313 e. The lowest BCUT2D eigenvalue weighted by molar-refractivity contribution is 0.337. The van der Waals surface area contributed by atoms with Crippen molar-refractivity contribution in [3.8, 4) is 0 Å². The Morgan fingerprint density at radius 2 is 2.10 bits per heavy atom. The summed E-state index contributed by atoms with van der Waals surface area (Å²) in [5, 5.41) is 3.25. The molecule has 1 aromatic rings. The fourth-order valence-electron chi connectivity index (χ4n) is 2.25. The van der Waals surface area contributed by atoms with Gasteiger partial charge in [-0.25, -0.2) is 13.2 Å². The van der Waals surface area contributed by atoms with Gasteiger partial charge in [0.2, 0.25) is 10.0 Å². The van der Waals surface area contributed by atoms with Crippen LogP contribution >= 0.6 is 0 Å². The first-order chi connectivity index (χ1) is 9.41. The zero-order chi connectivity index (χ0) is 14.8. The Morgan fingerprint density at radius 3 is 2.70 bits per heavy atom. The maximum Gasteiger partial charge on any atom is 0.325 e. The van der Waals surface area contributed by atoms with Crippen LogP contribution in [0.2, 0.25) is 0 Å². The van der Waals surface area contributed by atoms with E-state index in [1.165, 1.54) is 7.05 Å². The Bertz CT molecular complexity index is 672. The van der Waals surface area contributed by atoms with Gasteiger partial charge in [-0.2, -0.15) is 4.31 Å². The second-order valence-corrected chi connectivity index (χ2v) is 6.88. The average molecular weight is 302 g/mol. The number of aromatic amines is 2. The summed E-state index contributed by atoms with van der Waals surface area (Å²) in [4.78, 5) is 26.2. The number of likely N-dealkylation sites (N-methyl/N-ethyl adjacent to an activating group) is 1. The number of rotatable bonds is 4. The quantitative estimate of drug-likeness (QED) is 0.648. The number of aromatic nitrogens is 2. The van der Waals surface area contributed by atoms with Crippen molar-refractivity contribution >= 4 is 10.0 Å². The van der Waals surface area contributed by atoms with E-state index in [9.17, 15) is 18.0 Å². The minimum absolute atomic E-state index is 0.0883. The largest absolute Gasteiger partial charge is 0.325 e. The number of sulfonamides is 1. The van der Waals surface area contributed by atoms with Gasteiger partial charge in [-0.15, -0.1) is 0 Å². The molecule has 9 heteroatoms. The van der Waals surface area contributed by atoms with Crippen molar-refractivity contribution in [2.24, 2.45) is 0 Å². The summed E-state index contributed by atoms with van der Waals surface area (Å²) in [6, 6.07) is 0.0883. The van der Waals surface area contributed by atoms with Crippen LogP contribution in [0, 0.1) is 0 Å². The molecule has 1 fully saturated rings. The van der Waals surface area contributed by atoms with E-state index in [1.807, 2.05) is 4.98 Å². The molecule has 1 aliphatic rings.